The molecule has 0 amide bonds. The van der Waals surface area contributed by atoms with E-state index in [1.807, 2.05) is 12.1 Å². The van der Waals surface area contributed by atoms with Gasteiger partial charge in [0, 0.05) is 29.8 Å². The molecule has 3 rings (SSSR count). The first-order valence-corrected chi connectivity index (χ1v) is 9.35. The van der Waals surface area contributed by atoms with Crippen LogP contribution in [-0.2, 0) is 15.9 Å². The molecule has 1 fully saturated rings. The molecule has 0 saturated carbocycles. The molecule has 0 unspecified atom stereocenters. The van der Waals surface area contributed by atoms with E-state index in [0.29, 0.717) is 13.2 Å². The molecule has 1 aromatic carbocycles. The van der Waals surface area contributed by atoms with Crippen molar-refractivity contribution < 1.29 is 19.3 Å². The van der Waals surface area contributed by atoms with Gasteiger partial charge in [0.2, 0.25) is 0 Å². The molecule has 1 aromatic rings. The second-order valence-corrected chi connectivity index (χ2v) is 7.32. The second kappa shape index (κ2) is 8.00. The first-order chi connectivity index (χ1) is 11.7. The maximum Gasteiger partial charge on any atom is 0.172 e. The molecule has 1 N–H and O–H groups in total. The number of ether oxygens (including phenoxy) is 3. The van der Waals surface area contributed by atoms with E-state index in [1.165, 1.54) is 11.1 Å². The molecular formula is C19H25BrO4. The summed E-state index contributed by atoms with van der Waals surface area (Å²) >= 11 is 3.60. The van der Waals surface area contributed by atoms with Crippen LogP contribution >= 0.6 is 15.9 Å². The van der Waals surface area contributed by atoms with Gasteiger partial charge in [-0.05, 0) is 43.0 Å². The number of halogens is 1. The predicted molar refractivity (Wildman–Crippen MR) is 96.2 cm³/mol. The number of hydrogen-bond donors (Lipinski definition) is 1. The molecule has 1 spiro atoms. The zero-order valence-corrected chi connectivity index (χ0v) is 15.7. The van der Waals surface area contributed by atoms with Crippen molar-refractivity contribution in [1.29, 1.82) is 0 Å². The lowest BCUT2D eigenvalue weighted by molar-refractivity contribution is -0.161. The standard InChI is InChI=1S/C19H25BrO4/c1-22-17-4-5-18(20)15(12-17)2-3-16(13-21)14-6-8-19(9-7-14)23-10-11-24-19/h4-6,12,16,21H,2-3,7-11,13H2,1H3/t16-/m0/s1. The molecule has 2 aliphatic rings. The van der Waals surface area contributed by atoms with Crippen LogP contribution in [0.3, 0.4) is 0 Å². The summed E-state index contributed by atoms with van der Waals surface area (Å²) in [5.74, 6) is 0.671. The van der Waals surface area contributed by atoms with Crippen LogP contribution < -0.4 is 4.74 Å². The summed E-state index contributed by atoms with van der Waals surface area (Å²) in [6.07, 6.45) is 6.65. The van der Waals surface area contributed by atoms with Gasteiger partial charge in [-0.3, -0.25) is 0 Å². The van der Waals surface area contributed by atoms with Crippen molar-refractivity contribution in [3.63, 3.8) is 0 Å². The summed E-state index contributed by atoms with van der Waals surface area (Å²) < 4.78 is 17.9. The Labute approximate surface area is 151 Å². The maximum absolute atomic E-state index is 9.84. The molecule has 1 atom stereocenters. The van der Waals surface area contributed by atoms with Gasteiger partial charge in [-0.2, -0.15) is 0 Å². The molecule has 0 bridgehead atoms. The first kappa shape index (κ1) is 17.9. The number of methoxy groups -OCH3 is 1. The summed E-state index contributed by atoms with van der Waals surface area (Å²) in [6.45, 7) is 1.56. The van der Waals surface area contributed by atoms with Crippen LogP contribution in [0.5, 0.6) is 5.75 Å². The number of benzene rings is 1. The Balaban J connectivity index is 1.62. The van der Waals surface area contributed by atoms with Crippen LogP contribution in [0, 0.1) is 5.92 Å². The van der Waals surface area contributed by atoms with Gasteiger partial charge in [0.05, 0.1) is 20.3 Å². The third kappa shape index (κ3) is 4.02. The fourth-order valence-corrected chi connectivity index (χ4v) is 3.99. The Morgan fingerprint density at radius 2 is 2.12 bits per heavy atom. The average Bonchev–Trinajstić information content (AvgIpc) is 3.06. The second-order valence-electron chi connectivity index (χ2n) is 6.47. The van der Waals surface area contributed by atoms with E-state index < -0.39 is 0 Å². The Kier molecular flexibility index (Phi) is 5.98. The monoisotopic (exact) mass is 396 g/mol. The van der Waals surface area contributed by atoms with Gasteiger partial charge in [0.15, 0.2) is 5.79 Å². The Hall–Kier alpha value is -0.880. The molecule has 5 heteroatoms. The van der Waals surface area contributed by atoms with Gasteiger partial charge in [-0.1, -0.05) is 27.6 Å². The lowest BCUT2D eigenvalue weighted by atomic mass is 9.84. The van der Waals surface area contributed by atoms with E-state index in [9.17, 15) is 5.11 Å². The molecule has 1 saturated heterocycles. The smallest absolute Gasteiger partial charge is 0.172 e. The van der Waals surface area contributed by atoms with E-state index in [4.69, 9.17) is 14.2 Å². The van der Waals surface area contributed by atoms with Crippen molar-refractivity contribution in [3.8, 4) is 5.75 Å². The van der Waals surface area contributed by atoms with Crippen LogP contribution in [0.2, 0.25) is 0 Å². The normalized spacial score (nSPS) is 20.9. The quantitative estimate of drug-likeness (QED) is 0.741. The first-order valence-electron chi connectivity index (χ1n) is 8.56. The molecule has 0 radical (unpaired) electrons. The highest BCUT2D eigenvalue weighted by atomic mass is 79.9. The molecule has 1 aliphatic carbocycles. The molecule has 132 valence electrons. The zero-order chi connectivity index (χ0) is 17.0. The van der Waals surface area contributed by atoms with Gasteiger partial charge >= 0.3 is 0 Å². The van der Waals surface area contributed by atoms with Crippen LogP contribution in [0.25, 0.3) is 0 Å². The van der Waals surface area contributed by atoms with E-state index in [1.54, 1.807) is 7.11 Å². The fourth-order valence-electron chi connectivity index (χ4n) is 3.55. The zero-order valence-electron chi connectivity index (χ0n) is 14.1. The minimum absolute atomic E-state index is 0.183. The molecule has 1 aliphatic heterocycles. The lowest BCUT2D eigenvalue weighted by Crippen LogP contribution is -2.33. The van der Waals surface area contributed by atoms with Crippen LogP contribution in [0.15, 0.2) is 34.3 Å². The van der Waals surface area contributed by atoms with E-state index >= 15 is 0 Å². The van der Waals surface area contributed by atoms with Crippen LogP contribution in [-0.4, -0.2) is 37.8 Å². The highest BCUT2D eigenvalue weighted by Crippen LogP contribution is 2.38. The maximum atomic E-state index is 9.84. The van der Waals surface area contributed by atoms with Crippen molar-refractivity contribution >= 4 is 15.9 Å². The molecule has 1 heterocycles. The highest BCUT2D eigenvalue weighted by molar-refractivity contribution is 9.10. The van der Waals surface area contributed by atoms with Gasteiger partial charge in [-0.15, -0.1) is 0 Å². The Morgan fingerprint density at radius 1 is 1.33 bits per heavy atom. The SMILES string of the molecule is COc1ccc(Br)c(CC[C@@H](CO)C2=CCC3(CC2)OCCO3)c1. The number of hydrogen-bond acceptors (Lipinski definition) is 4. The van der Waals surface area contributed by atoms with Gasteiger partial charge < -0.3 is 19.3 Å². The van der Waals surface area contributed by atoms with E-state index in [-0.39, 0.29) is 18.3 Å². The molecular weight excluding hydrogens is 372 g/mol. The third-order valence-electron chi connectivity index (χ3n) is 5.04. The van der Waals surface area contributed by atoms with Crippen molar-refractivity contribution in [2.24, 2.45) is 5.92 Å². The van der Waals surface area contributed by atoms with Crippen LogP contribution in [0.4, 0.5) is 0 Å². The summed E-state index contributed by atoms with van der Waals surface area (Å²) in [5.41, 5.74) is 2.55. The minimum Gasteiger partial charge on any atom is -0.497 e. The number of aryl methyl sites for hydroxylation is 1. The summed E-state index contributed by atoms with van der Waals surface area (Å²) in [7, 11) is 1.68. The van der Waals surface area contributed by atoms with Crippen molar-refractivity contribution in [2.45, 2.75) is 37.9 Å². The van der Waals surface area contributed by atoms with Crippen molar-refractivity contribution in [2.75, 3.05) is 26.9 Å². The third-order valence-corrected chi connectivity index (χ3v) is 5.82. The van der Waals surface area contributed by atoms with E-state index in [2.05, 4.69) is 28.1 Å². The largest absolute Gasteiger partial charge is 0.497 e. The number of aliphatic hydroxyl groups excluding tert-OH is 1. The summed E-state index contributed by atoms with van der Waals surface area (Å²) in [6, 6.07) is 6.02. The van der Waals surface area contributed by atoms with Crippen molar-refractivity contribution in [1.82, 2.24) is 0 Å². The van der Waals surface area contributed by atoms with Crippen molar-refractivity contribution in [3.05, 3.63) is 39.9 Å². The topological polar surface area (TPSA) is 47.9 Å². The number of rotatable bonds is 6. The van der Waals surface area contributed by atoms with Gasteiger partial charge in [0.1, 0.15) is 5.75 Å². The Bertz CT molecular complexity index is 593. The van der Waals surface area contributed by atoms with Gasteiger partial charge in [0.25, 0.3) is 0 Å². The summed E-state index contributed by atoms with van der Waals surface area (Å²) in [5, 5.41) is 9.84. The lowest BCUT2D eigenvalue weighted by Gasteiger charge is -2.32. The average molecular weight is 397 g/mol. The molecule has 0 aromatic heterocycles. The predicted octanol–water partition coefficient (Wildman–Crippen LogP) is 3.85. The molecule has 4 nitrogen and oxygen atoms in total. The van der Waals surface area contributed by atoms with E-state index in [0.717, 1.165) is 42.3 Å². The fraction of sp³-hybridized carbons (Fsp3) is 0.579. The minimum atomic E-state index is -0.390. The molecule has 24 heavy (non-hydrogen) atoms. The number of aliphatic hydroxyl groups is 1. The van der Waals surface area contributed by atoms with Gasteiger partial charge in [-0.25, -0.2) is 0 Å². The van der Waals surface area contributed by atoms with Crippen LogP contribution in [0.1, 0.15) is 31.2 Å². The highest BCUT2D eigenvalue weighted by Gasteiger charge is 2.38. The summed E-state index contributed by atoms with van der Waals surface area (Å²) in [4.78, 5) is 0. The Morgan fingerprint density at radius 3 is 2.75 bits per heavy atom.